The topological polar surface area (TPSA) is 37.3 Å². The van der Waals surface area contributed by atoms with Crippen molar-refractivity contribution >= 4 is 21.7 Å². The molecule has 0 amide bonds. The quantitative estimate of drug-likeness (QED) is 0.561. The normalized spacial score (nSPS) is 19.2. The Morgan fingerprint density at radius 3 is 2.75 bits per heavy atom. The Hall–Kier alpha value is -0.492. The first-order valence-corrected chi connectivity index (χ1v) is 4.59. The summed E-state index contributed by atoms with van der Waals surface area (Å²) in [7, 11) is 0. The summed E-state index contributed by atoms with van der Waals surface area (Å²) in [6.45, 7) is 0. The second kappa shape index (κ2) is 2.18. The van der Waals surface area contributed by atoms with E-state index in [4.69, 9.17) is 5.11 Å². The van der Waals surface area contributed by atoms with Gasteiger partial charge < -0.3 is 0 Å². The molecule has 0 spiro atoms. The second-order valence-corrected chi connectivity index (χ2v) is 3.41. The number of aliphatic carboxylic acids is 1. The van der Waals surface area contributed by atoms with Gasteiger partial charge in [0.1, 0.15) is 0 Å². The molecule has 0 saturated carbocycles. The van der Waals surface area contributed by atoms with Crippen LogP contribution in [0.3, 0.4) is 0 Å². The Kier molecular flexibility index (Phi) is 1.54. The van der Waals surface area contributed by atoms with Crippen molar-refractivity contribution in [2.75, 3.05) is 0 Å². The standard InChI is InChI=1S/C5H5AsO2/c7-5(8)4-1-2-6-3-4/h1-3,6H,(H,7,8). The minimum atomic E-state index is -0.803. The molecule has 1 heterocycles. The third-order valence-corrected chi connectivity index (χ3v) is 2.60. The van der Waals surface area contributed by atoms with Crippen molar-refractivity contribution in [3.63, 3.8) is 0 Å². The van der Waals surface area contributed by atoms with E-state index in [1.807, 2.05) is 9.73 Å². The number of hydrogen-bond acceptors (Lipinski definition) is 1. The van der Waals surface area contributed by atoms with Crippen LogP contribution in [0.2, 0.25) is 0 Å². The van der Waals surface area contributed by atoms with Gasteiger partial charge in [0.2, 0.25) is 0 Å². The molecule has 0 bridgehead atoms. The van der Waals surface area contributed by atoms with Gasteiger partial charge in [0.15, 0.2) is 0 Å². The van der Waals surface area contributed by atoms with Crippen LogP contribution in [0, 0.1) is 0 Å². The van der Waals surface area contributed by atoms with E-state index in [-0.39, 0.29) is 15.8 Å². The molecule has 0 aromatic carbocycles. The number of carboxylic acid groups (broad SMARTS) is 1. The fraction of sp³-hybridized carbons (Fsp3) is 0. The molecule has 0 aliphatic carbocycles. The summed E-state index contributed by atoms with van der Waals surface area (Å²) in [6.07, 6.45) is 1.67. The second-order valence-electron chi connectivity index (χ2n) is 1.40. The van der Waals surface area contributed by atoms with Crippen LogP contribution in [0.15, 0.2) is 21.4 Å². The Morgan fingerprint density at radius 1 is 1.75 bits per heavy atom. The fourth-order valence-electron chi connectivity index (χ4n) is 0.457. The van der Waals surface area contributed by atoms with Crippen molar-refractivity contribution in [3.8, 4) is 0 Å². The van der Waals surface area contributed by atoms with E-state index in [9.17, 15) is 4.79 Å². The van der Waals surface area contributed by atoms with Gasteiger partial charge in [-0.25, -0.2) is 0 Å². The van der Waals surface area contributed by atoms with Gasteiger partial charge in [0, 0.05) is 0 Å². The van der Waals surface area contributed by atoms with Gasteiger partial charge in [-0.15, -0.1) is 0 Å². The first-order valence-electron chi connectivity index (χ1n) is 2.17. The van der Waals surface area contributed by atoms with Crippen LogP contribution in [0.5, 0.6) is 0 Å². The molecule has 1 unspecified atom stereocenters. The SMILES string of the molecule is O=C(O)C1=C[AsH]C=C1. The average molecular weight is 172 g/mol. The van der Waals surface area contributed by atoms with E-state index in [1.165, 1.54) is 0 Å². The summed E-state index contributed by atoms with van der Waals surface area (Å²) < 4.78 is 0. The molecule has 0 fully saturated rings. The van der Waals surface area contributed by atoms with Gasteiger partial charge in [0.25, 0.3) is 0 Å². The van der Waals surface area contributed by atoms with Crippen LogP contribution in [-0.4, -0.2) is 26.8 Å². The molecular weight excluding hydrogens is 167 g/mol. The van der Waals surface area contributed by atoms with Crippen molar-refractivity contribution in [3.05, 3.63) is 21.4 Å². The average Bonchev–Trinajstić information content (AvgIpc) is 2.12. The van der Waals surface area contributed by atoms with Crippen LogP contribution in [-0.2, 0) is 4.79 Å². The fourth-order valence-corrected chi connectivity index (χ4v) is 2.08. The number of carbonyl (C=O) groups is 1. The van der Waals surface area contributed by atoms with Gasteiger partial charge in [-0.1, -0.05) is 0 Å². The molecule has 42 valence electrons. The first kappa shape index (κ1) is 5.64. The van der Waals surface area contributed by atoms with Gasteiger partial charge in [-0.3, -0.25) is 0 Å². The van der Waals surface area contributed by atoms with Crippen LogP contribution >= 0.6 is 0 Å². The number of hydrogen-bond donors (Lipinski definition) is 1. The molecule has 1 atom stereocenters. The molecule has 1 rings (SSSR count). The van der Waals surface area contributed by atoms with Gasteiger partial charge in [0.05, 0.1) is 0 Å². The predicted molar refractivity (Wildman–Crippen MR) is 32.0 cm³/mol. The van der Waals surface area contributed by atoms with Gasteiger partial charge in [-0.05, 0) is 0 Å². The molecule has 0 saturated heterocycles. The summed E-state index contributed by atoms with van der Waals surface area (Å²) in [5.41, 5.74) is 0.463. The third kappa shape index (κ3) is 1.01. The minimum absolute atomic E-state index is 0.167. The zero-order valence-electron chi connectivity index (χ0n) is 4.09. The Morgan fingerprint density at radius 2 is 2.50 bits per heavy atom. The number of rotatable bonds is 1. The van der Waals surface area contributed by atoms with E-state index in [1.54, 1.807) is 6.08 Å². The molecule has 2 nitrogen and oxygen atoms in total. The molecule has 1 aliphatic rings. The number of carboxylic acids is 1. The Bertz CT molecular complexity index is 169. The summed E-state index contributed by atoms with van der Waals surface area (Å²) in [6, 6.07) is 0. The van der Waals surface area contributed by atoms with E-state index >= 15 is 0 Å². The molecule has 1 aliphatic heterocycles. The third-order valence-electron chi connectivity index (χ3n) is 0.845. The van der Waals surface area contributed by atoms with Crippen LogP contribution < -0.4 is 0 Å². The monoisotopic (exact) mass is 172 g/mol. The van der Waals surface area contributed by atoms with Crippen LogP contribution in [0.4, 0.5) is 0 Å². The summed E-state index contributed by atoms with van der Waals surface area (Å²) in [5.74, 6) is -0.803. The molecule has 8 heavy (non-hydrogen) atoms. The summed E-state index contributed by atoms with van der Waals surface area (Å²) in [4.78, 5) is 13.9. The van der Waals surface area contributed by atoms with Crippen molar-refractivity contribution in [1.82, 2.24) is 0 Å². The molecular formula is C5H5AsO2. The van der Waals surface area contributed by atoms with E-state index in [2.05, 4.69) is 0 Å². The van der Waals surface area contributed by atoms with Crippen molar-refractivity contribution < 1.29 is 9.90 Å². The summed E-state index contributed by atoms with van der Waals surface area (Å²) in [5, 5.41) is 8.31. The Labute approximate surface area is 53.6 Å². The van der Waals surface area contributed by atoms with E-state index in [0.29, 0.717) is 5.57 Å². The molecule has 0 radical (unpaired) electrons. The predicted octanol–water partition coefficient (Wildman–Crippen LogP) is -0.0813. The first-order chi connectivity index (χ1) is 3.80. The van der Waals surface area contributed by atoms with Crippen molar-refractivity contribution in [2.45, 2.75) is 0 Å². The van der Waals surface area contributed by atoms with Crippen LogP contribution in [0.25, 0.3) is 0 Å². The van der Waals surface area contributed by atoms with Crippen molar-refractivity contribution in [2.24, 2.45) is 0 Å². The van der Waals surface area contributed by atoms with Gasteiger partial charge >= 0.3 is 53.0 Å². The van der Waals surface area contributed by atoms with E-state index < -0.39 is 5.97 Å². The van der Waals surface area contributed by atoms with Crippen molar-refractivity contribution in [1.29, 1.82) is 0 Å². The molecule has 1 N–H and O–H groups in total. The zero-order valence-corrected chi connectivity index (χ0v) is 6.19. The van der Waals surface area contributed by atoms with E-state index in [0.717, 1.165) is 0 Å². The molecule has 0 aromatic heterocycles. The maximum atomic E-state index is 10.1. The van der Waals surface area contributed by atoms with Crippen LogP contribution in [0.1, 0.15) is 0 Å². The summed E-state index contributed by atoms with van der Waals surface area (Å²) >= 11 is -0.167. The molecule has 0 aromatic rings. The van der Waals surface area contributed by atoms with Gasteiger partial charge in [-0.2, -0.15) is 0 Å². The molecule has 3 heteroatoms. The Balaban J connectivity index is 2.72. The zero-order chi connectivity index (χ0) is 5.98. The maximum absolute atomic E-state index is 10.1.